The summed E-state index contributed by atoms with van der Waals surface area (Å²) in [6.45, 7) is 3.25. The van der Waals surface area contributed by atoms with E-state index in [1.54, 1.807) is 0 Å². The number of benzene rings is 1. The van der Waals surface area contributed by atoms with E-state index >= 15 is 0 Å². The van der Waals surface area contributed by atoms with Crippen molar-refractivity contribution in [1.82, 2.24) is 15.1 Å². The highest BCUT2D eigenvalue weighted by atomic mass is 79.9. The molecule has 20 heavy (non-hydrogen) atoms. The van der Waals surface area contributed by atoms with Crippen molar-refractivity contribution in [3.63, 3.8) is 0 Å². The van der Waals surface area contributed by atoms with Gasteiger partial charge in [0.25, 0.3) is 0 Å². The summed E-state index contributed by atoms with van der Waals surface area (Å²) < 4.78 is 3.01. The summed E-state index contributed by atoms with van der Waals surface area (Å²) >= 11 is 3.54. The second-order valence-corrected chi connectivity index (χ2v) is 6.09. The van der Waals surface area contributed by atoms with Gasteiger partial charge in [-0.1, -0.05) is 35.0 Å². The molecule has 0 aliphatic carbocycles. The molecule has 0 bridgehead atoms. The molecule has 0 saturated heterocycles. The molecule has 4 heteroatoms. The van der Waals surface area contributed by atoms with Crippen LogP contribution in [-0.4, -0.2) is 22.4 Å². The van der Waals surface area contributed by atoms with Crippen molar-refractivity contribution in [3.05, 3.63) is 52.3 Å². The fraction of sp³-hybridized carbons (Fsp3) is 0.438. The summed E-state index contributed by atoms with van der Waals surface area (Å²) in [5.41, 5.74) is 2.50. The molecule has 0 aliphatic rings. The second-order valence-electron chi connectivity index (χ2n) is 5.17. The highest BCUT2D eigenvalue weighted by Gasteiger charge is 2.11. The summed E-state index contributed by atoms with van der Waals surface area (Å²) in [6.07, 6.45) is 5.14. The molecule has 0 spiro atoms. The van der Waals surface area contributed by atoms with Gasteiger partial charge in [-0.2, -0.15) is 5.10 Å². The van der Waals surface area contributed by atoms with Crippen molar-refractivity contribution in [3.8, 4) is 0 Å². The first-order chi connectivity index (χ1) is 9.67. The maximum atomic E-state index is 4.49. The van der Waals surface area contributed by atoms with Crippen LogP contribution in [0.5, 0.6) is 0 Å². The Balaban J connectivity index is 2.02. The maximum Gasteiger partial charge on any atom is 0.0640 e. The number of halogens is 1. The first-order valence-electron chi connectivity index (χ1n) is 7.13. The second kappa shape index (κ2) is 7.60. The number of hydrogen-bond acceptors (Lipinski definition) is 2. The molecule has 0 radical (unpaired) electrons. The molecule has 1 atom stereocenters. The Hall–Kier alpha value is -1.13. The predicted octanol–water partition coefficient (Wildman–Crippen LogP) is 3.34. The van der Waals surface area contributed by atoms with Crippen molar-refractivity contribution in [2.75, 3.05) is 6.54 Å². The Labute approximate surface area is 129 Å². The lowest BCUT2D eigenvalue weighted by Gasteiger charge is -2.18. The minimum absolute atomic E-state index is 0.430. The van der Waals surface area contributed by atoms with Gasteiger partial charge >= 0.3 is 0 Å². The standard InChI is InChI=1S/C16H22BrN3/c1-3-8-18-16(12-15-7-9-20(2)19-15)11-13-5-4-6-14(17)10-13/h4-7,9-10,16,18H,3,8,11-12H2,1-2H3. The van der Waals surface area contributed by atoms with E-state index in [0.29, 0.717) is 6.04 Å². The Morgan fingerprint density at radius 2 is 2.15 bits per heavy atom. The van der Waals surface area contributed by atoms with Crippen LogP contribution < -0.4 is 5.32 Å². The van der Waals surface area contributed by atoms with Gasteiger partial charge in [-0.05, 0) is 43.1 Å². The van der Waals surface area contributed by atoms with Gasteiger partial charge in [-0.15, -0.1) is 0 Å². The van der Waals surface area contributed by atoms with Crippen LogP contribution in [0.4, 0.5) is 0 Å². The molecule has 0 aliphatic heterocycles. The van der Waals surface area contributed by atoms with Crippen LogP contribution >= 0.6 is 15.9 Å². The topological polar surface area (TPSA) is 29.9 Å². The molecule has 2 rings (SSSR count). The third-order valence-corrected chi connectivity index (χ3v) is 3.77. The fourth-order valence-corrected chi connectivity index (χ4v) is 2.78. The average Bonchev–Trinajstić information content (AvgIpc) is 2.81. The number of nitrogens with zero attached hydrogens (tertiary/aromatic N) is 2. The maximum absolute atomic E-state index is 4.49. The number of rotatable bonds is 7. The summed E-state index contributed by atoms with van der Waals surface area (Å²) in [5.74, 6) is 0. The zero-order valence-corrected chi connectivity index (χ0v) is 13.7. The van der Waals surface area contributed by atoms with Gasteiger partial charge < -0.3 is 5.32 Å². The summed E-state index contributed by atoms with van der Waals surface area (Å²) in [7, 11) is 1.96. The zero-order valence-electron chi connectivity index (χ0n) is 12.1. The molecule has 1 aromatic heterocycles. The van der Waals surface area contributed by atoms with Gasteiger partial charge in [0.2, 0.25) is 0 Å². The van der Waals surface area contributed by atoms with E-state index in [9.17, 15) is 0 Å². The molecular formula is C16H22BrN3. The summed E-state index contributed by atoms with van der Waals surface area (Å²) in [6, 6.07) is 11.1. The number of hydrogen-bond donors (Lipinski definition) is 1. The third-order valence-electron chi connectivity index (χ3n) is 3.28. The first-order valence-corrected chi connectivity index (χ1v) is 7.93. The van der Waals surface area contributed by atoms with Crippen LogP contribution in [0.25, 0.3) is 0 Å². The predicted molar refractivity (Wildman–Crippen MR) is 86.8 cm³/mol. The number of aryl methyl sites for hydroxylation is 1. The molecule has 0 saturated carbocycles. The molecular weight excluding hydrogens is 314 g/mol. The quantitative estimate of drug-likeness (QED) is 0.840. The van der Waals surface area contributed by atoms with Gasteiger partial charge in [0.1, 0.15) is 0 Å². The summed E-state index contributed by atoms with van der Waals surface area (Å²) in [4.78, 5) is 0. The van der Waals surface area contributed by atoms with Crippen LogP contribution in [0.1, 0.15) is 24.6 Å². The van der Waals surface area contributed by atoms with E-state index in [1.165, 1.54) is 5.56 Å². The molecule has 108 valence electrons. The molecule has 1 unspecified atom stereocenters. The highest BCUT2D eigenvalue weighted by molar-refractivity contribution is 9.10. The SMILES string of the molecule is CCCNC(Cc1cccc(Br)c1)Cc1ccn(C)n1. The van der Waals surface area contributed by atoms with Crippen LogP contribution in [0.3, 0.4) is 0 Å². The normalized spacial score (nSPS) is 12.6. The minimum atomic E-state index is 0.430. The Morgan fingerprint density at radius 1 is 1.30 bits per heavy atom. The average molecular weight is 336 g/mol. The van der Waals surface area contributed by atoms with Gasteiger partial charge in [0.05, 0.1) is 5.69 Å². The lowest BCUT2D eigenvalue weighted by molar-refractivity contribution is 0.498. The van der Waals surface area contributed by atoms with Gasteiger partial charge in [0, 0.05) is 30.2 Å². The highest BCUT2D eigenvalue weighted by Crippen LogP contribution is 2.14. The van der Waals surface area contributed by atoms with Crippen LogP contribution in [-0.2, 0) is 19.9 Å². The molecule has 1 N–H and O–H groups in total. The van der Waals surface area contributed by atoms with E-state index in [4.69, 9.17) is 0 Å². The van der Waals surface area contributed by atoms with E-state index in [-0.39, 0.29) is 0 Å². The van der Waals surface area contributed by atoms with Crippen molar-refractivity contribution >= 4 is 15.9 Å². The van der Waals surface area contributed by atoms with E-state index in [1.807, 2.05) is 17.9 Å². The van der Waals surface area contributed by atoms with Crippen LogP contribution in [0.15, 0.2) is 41.0 Å². The molecule has 0 fully saturated rings. The molecule has 0 amide bonds. The van der Waals surface area contributed by atoms with Crippen molar-refractivity contribution in [2.24, 2.45) is 7.05 Å². The van der Waals surface area contributed by atoms with Crippen molar-refractivity contribution in [1.29, 1.82) is 0 Å². The van der Waals surface area contributed by atoms with Crippen LogP contribution in [0.2, 0.25) is 0 Å². The lowest BCUT2D eigenvalue weighted by Crippen LogP contribution is -2.34. The Morgan fingerprint density at radius 3 is 2.80 bits per heavy atom. The lowest BCUT2D eigenvalue weighted by atomic mass is 10.0. The monoisotopic (exact) mass is 335 g/mol. The van der Waals surface area contributed by atoms with Crippen molar-refractivity contribution in [2.45, 2.75) is 32.2 Å². The fourth-order valence-electron chi connectivity index (χ4n) is 2.34. The van der Waals surface area contributed by atoms with Crippen molar-refractivity contribution < 1.29 is 0 Å². The number of nitrogens with one attached hydrogen (secondary N) is 1. The van der Waals surface area contributed by atoms with Gasteiger partial charge in [-0.3, -0.25) is 4.68 Å². The smallest absolute Gasteiger partial charge is 0.0640 e. The van der Waals surface area contributed by atoms with E-state index in [0.717, 1.165) is 36.0 Å². The van der Waals surface area contributed by atoms with Gasteiger partial charge in [-0.25, -0.2) is 0 Å². The molecule has 1 heterocycles. The van der Waals surface area contributed by atoms with E-state index in [2.05, 4.69) is 63.6 Å². The first kappa shape index (κ1) is 15.3. The number of aromatic nitrogens is 2. The van der Waals surface area contributed by atoms with E-state index < -0.39 is 0 Å². The Bertz CT molecular complexity index is 536. The molecule has 1 aromatic carbocycles. The summed E-state index contributed by atoms with van der Waals surface area (Å²) in [5, 5.41) is 8.12. The van der Waals surface area contributed by atoms with Crippen LogP contribution in [0, 0.1) is 0 Å². The zero-order chi connectivity index (χ0) is 14.4. The molecule has 2 aromatic rings. The third kappa shape index (κ3) is 4.76. The largest absolute Gasteiger partial charge is 0.313 e. The van der Waals surface area contributed by atoms with Gasteiger partial charge in [0.15, 0.2) is 0 Å². The molecule has 3 nitrogen and oxygen atoms in total. The minimum Gasteiger partial charge on any atom is -0.313 e. The Kier molecular flexibility index (Phi) is 5.80.